The zero-order valence-corrected chi connectivity index (χ0v) is 20.1. The second kappa shape index (κ2) is 19.3. The zero-order valence-electron chi connectivity index (χ0n) is 20.1. The number of hydrogen-bond donors (Lipinski definition) is 0. The molecule has 0 radical (unpaired) electrons. The Bertz CT molecular complexity index is 663. The van der Waals surface area contributed by atoms with E-state index in [9.17, 15) is 9.59 Å². The number of carbonyl (C=O) groups is 2. The van der Waals surface area contributed by atoms with Crippen molar-refractivity contribution in [3.05, 3.63) is 60.2 Å². The van der Waals surface area contributed by atoms with Crippen LogP contribution in [0.2, 0.25) is 0 Å². The van der Waals surface area contributed by atoms with Crippen LogP contribution in [0.4, 0.5) is 0 Å². The monoisotopic (exact) mass is 442 g/mol. The van der Waals surface area contributed by atoms with Crippen molar-refractivity contribution < 1.29 is 19.1 Å². The summed E-state index contributed by atoms with van der Waals surface area (Å²) in [5, 5.41) is 0. The number of ether oxygens (including phenoxy) is 2. The Morgan fingerprint density at radius 2 is 1.50 bits per heavy atom. The number of benzene rings is 1. The first-order chi connectivity index (χ1) is 15.7. The van der Waals surface area contributed by atoms with Crippen molar-refractivity contribution in [3.63, 3.8) is 0 Å². The lowest BCUT2D eigenvalue weighted by Gasteiger charge is -2.16. The summed E-state index contributed by atoms with van der Waals surface area (Å²) in [7, 11) is 1.43. The van der Waals surface area contributed by atoms with Gasteiger partial charge >= 0.3 is 11.9 Å². The molecular formula is C28H42O4. The van der Waals surface area contributed by atoms with Gasteiger partial charge in [0.15, 0.2) is 0 Å². The number of unbranched alkanes of at least 4 members (excludes halogenated alkanes) is 7. The van der Waals surface area contributed by atoms with Gasteiger partial charge in [-0.3, -0.25) is 4.79 Å². The highest BCUT2D eigenvalue weighted by molar-refractivity contribution is 5.89. The van der Waals surface area contributed by atoms with Gasteiger partial charge in [-0.2, -0.15) is 0 Å². The van der Waals surface area contributed by atoms with E-state index in [0.29, 0.717) is 12.0 Å². The van der Waals surface area contributed by atoms with Crippen molar-refractivity contribution in [2.24, 2.45) is 0 Å². The second-order valence-electron chi connectivity index (χ2n) is 8.17. The van der Waals surface area contributed by atoms with Crippen LogP contribution in [0.25, 0.3) is 0 Å². The number of methoxy groups -OCH3 is 1. The number of allylic oxidation sites excluding steroid dienone is 3. The van der Waals surface area contributed by atoms with Gasteiger partial charge in [-0.1, -0.05) is 68.7 Å². The highest BCUT2D eigenvalue weighted by Crippen LogP contribution is 2.15. The van der Waals surface area contributed by atoms with Crippen LogP contribution in [0.5, 0.6) is 0 Å². The quantitative estimate of drug-likeness (QED) is 0.133. The molecule has 0 heterocycles. The molecule has 0 unspecified atom stereocenters. The molecule has 0 spiro atoms. The van der Waals surface area contributed by atoms with Gasteiger partial charge in [-0.25, -0.2) is 4.79 Å². The third-order valence-electron chi connectivity index (χ3n) is 5.37. The Balaban J connectivity index is 2.31. The van der Waals surface area contributed by atoms with Crippen LogP contribution in [-0.2, 0) is 14.3 Å². The maximum Gasteiger partial charge on any atom is 0.338 e. The second-order valence-corrected chi connectivity index (χ2v) is 8.17. The Morgan fingerprint density at radius 3 is 2.19 bits per heavy atom. The number of rotatable bonds is 18. The molecule has 1 aromatic rings. The molecule has 4 nitrogen and oxygen atoms in total. The van der Waals surface area contributed by atoms with E-state index in [1.807, 2.05) is 18.2 Å². The van der Waals surface area contributed by atoms with E-state index in [0.717, 1.165) is 57.8 Å². The average Bonchev–Trinajstić information content (AvgIpc) is 2.82. The first-order valence-electron chi connectivity index (χ1n) is 12.3. The first kappa shape index (κ1) is 27.7. The van der Waals surface area contributed by atoms with E-state index < -0.39 is 0 Å². The summed E-state index contributed by atoms with van der Waals surface area (Å²) in [4.78, 5) is 23.5. The largest absolute Gasteiger partial charge is 0.469 e. The summed E-state index contributed by atoms with van der Waals surface area (Å²) in [5.74, 6) is -0.374. The smallest absolute Gasteiger partial charge is 0.338 e. The van der Waals surface area contributed by atoms with Gasteiger partial charge in [0, 0.05) is 12.8 Å². The molecule has 0 aliphatic carbocycles. The van der Waals surface area contributed by atoms with E-state index in [1.54, 1.807) is 12.1 Å². The van der Waals surface area contributed by atoms with Crippen LogP contribution < -0.4 is 0 Å². The molecule has 178 valence electrons. The molecule has 1 aromatic carbocycles. The molecule has 0 saturated carbocycles. The Kier molecular flexibility index (Phi) is 16.7. The van der Waals surface area contributed by atoms with Gasteiger partial charge in [0.1, 0.15) is 6.10 Å². The summed E-state index contributed by atoms with van der Waals surface area (Å²) < 4.78 is 10.5. The maximum absolute atomic E-state index is 12.5. The molecule has 4 heteroatoms. The van der Waals surface area contributed by atoms with Crippen molar-refractivity contribution in [1.82, 2.24) is 0 Å². The molecule has 0 aliphatic heterocycles. The first-order valence-corrected chi connectivity index (χ1v) is 12.3. The lowest BCUT2D eigenvalue weighted by atomic mass is 10.1. The van der Waals surface area contributed by atoms with Crippen LogP contribution in [0.1, 0.15) is 101 Å². The van der Waals surface area contributed by atoms with Crippen molar-refractivity contribution in [2.75, 3.05) is 7.11 Å². The molecule has 32 heavy (non-hydrogen) atoms. The predicted octanol–water partition coefficient (Wildman–Crippen LogP) is 7.59. The number of hydrogen-bond acceptors (Lipinski definition) is 4. The molecule has 0 bridgehead atoms. The van der Waals surface area contributed by atoms with Crippen LogP contribution in [0.3, 0.4) is 0 Å². The van der Waals surface area contributed by atoms with Crippen molar-refractivity contribution in [3.8, 4) is 0 Å². The van der Waals surface area contributed by atoms with Crippen LogP contribution in [0, 0.1) is 0 Å². The minimum atomic E-state index is -0.232. The molecular weight excluding hydrogens is 400 g/mol. The van der Waals surface area contributed by atoms with E-state index in [2.05, 4.69) is 36.0 Å². The predicted molar refractivity (Wildman–Crippen MR) is 132 cm³/mol. The highest BCUT2D eigenvalue weighted by atomic mass is 16.5. The standard InChI is InChI=1S/C28H42O4/c1-3-4-5-6-11-17-22-26(32-28(30)25-20-15-14-16-21-25)23-18-12-9-7-8-10-13-19-24-27(29)31-2/h8,10-11,14-17,20-21,26H,3-7,9,12-13,18-19,22-24H2,1-2H3/b10-8-,17-11-/t26-/m0/s1. The van der Waals surface area contributed by atoms with Crippen molar-refractivity contribution >= 4 is 11.9 Å². The summed E-state index contributed by atoms with van der Waals surface area (Å²) in [6.07, 6.45) is 21.7. The molecule has 0 aliphatic rings. The third kappa shape index (κ3) is 14.6. The van der Waals surface area contributed by atoms with Gasteiger partial charge in [0.05, 0.1) is 12.7 Å². The Morgan fingerprint density at radius 1 is 0.844 bits per heavy atom. The van der Waals surface area contributed by atoms with Gasteiger partial charge in [0.2, 0.25) is 0 Å². The van der Waals surface area contributed by atoms with Crippen molar-refractivity contribution in [2.45, 2.75) is 96.5 Å². The average molecular weight is 443 g/mol. The molecule has 0 aromatic heterocycles. The molecule has 0 saturated heterocycles. The molecule has 1 atom stereocenters. The summed E-state index contributed by atoms with van der Waals surface area (Å²) >= 11 is 0. The van der Waals surface area contributed by atoms with Gasteiger partial charge in [-0.15, -0.1) is 0 Å². The van der Waals surface area contributed by atoms with Crippen LogP contribution in [-0.4, -0.2) is 25.2 Å². The molecule has 0 N–H and O–H groups in total. The van der Waals surface area contributed by atoms with Crippen LogP contribution >= 0.6 is 0 Å². The molecule has 1 rings (SSSR count). The van der Waals surface area contributed by atoms with Gasteiger partial charge < -0.3 is 9.47 Å². The number of esters is 2. The van der Waals surface area contributed by atoms with E-state index in [4.69, 9.17) is 4.74 Å². The molecule has 0 amide bonds. The SMILES string of the molecule is CCCCC/C=C\C[C@@H](CCCCC/C=C\CCCC(=O)OC)OC(=O)c1ccccc1. The summed E-state index contributed by atoms with van der Waals surface area (Å²) in [6, 6.07) is 9.24. The normalized spacial score (nSPS) is 12.3. The number of carbonyl (C=O) groups excluding carboxylic acids is 2. The minimum absolute atomic E-state index is 0.0704. The maximum atomic E-state index is 12.5. The molecule has 0 fully saturated rings. The van der Waals surface area contributed by atoms with E-state index >= 15 is 0 Å². The Labute approximate surface area is 195 Å². The summed E-state index contributed by atoms with van der Waals surface area (Å²) in [6.45, 7) is 2.21. The lowest BCUT2D eigenvalue weighted by Crippen LogP contribution is -2.18. The van der Waals surface area contributed by atoms with E-state index in [-0.39, 0.29) is 18.0 Å². The lowest BCUT2D eigenvalue weighted by molar-refractivity contribution is -0.140. The fourth-order valence-corrected chi connectivity index (χ4v) is 3.41. The van der Waals surface area contributed by atoms with Crippen LogP contribution in [0.15, 0.2) is 54.6 Å². The van der Waals surface area contributed by atoms with Gasteiger partial charge in [-0.05, 0) is 63.5 Å². The highest BCUT2D eigenvalue weighted by Gasteiger charge is 2.14. The Hall–Kier alpha value is -2.36. The van der Waals surface area contributed by atoms with Crippen molar-refractivity contribution in [1.29, 1.82) is 0 Å². The van der Waals surface area contributed by atoms with Gasteiger partial charge in [0.25, 0.3) is 0 Å². The summed E-state index contributed by atoms with van der Waals surface area (Å²) in [5.41, 5.74) is 0.613. The topological polar surface area (TPSA) is 52.6 Å². The minimum Gasteiger partial charge on any atom is -0.469 e. The fourth-order valence-electron chi connectivity index (χ4n) is 3.41. The third-order valence-corrected chi connectivity index (χ3v) is 5.37. The zero-order chi connectivity index (χ0) is 23.3. The van der Waals surface area contributed by atoms with E-state index in [1.165, 1.54) is 26.4 Å². The fraction of sp³-hybridized carbons (Fsp3) is 0.571.